The van der Waals surface area contributed by atoms with Crippen LogP contribution in [0, 0.1) is 0 Å². The Bertz CT molecular complexity index is 1610. The number of piperidine rings is 1. The number of likely N-dealkylation sites (tertiary alicyclic amines) is 1. The van der Waals surface area contributed by atoms with E-state index in [2.05, 4.69) is 5.32 Å². The Labute approximate surface area is 225 Å². The van der Waals surface area contributed by atoms with Crippen LogP contribution in [0.2, 0.25) is 0 Å². The molecule has 2 amide bonds. The summed E-state index contributed by atoms with van der Waals surface area (Å²) in [5, 5.41) is 13.3. The number of benzene rings is 2. The van der Waals surface area contributed by atoms with E-state index in [1.165, 1.54) is 7.11 Å². The third-order valence-electron chi connectivity index (χ3n) is 7.47. The van der Waals surface area contributed by atoms with Crippen LogP contribution >= 0.6 is 0 Å². The van der Waals surface area contributed by atoms with Crippen LogP contribution in [0.3, 0.4) is 0 Å². The molecule has 5 rings (SSSR count). The standard InChI is InChI=1S/C29H32N4O6/c1-31-25-21-9-4-5-10-22(21)33(16-18-7-6-8-20(15-18)38-2)29(37)24(25)27(39-3)26(31)28(36)30-19-11-13-32(14-12-19)23(35)17-34/h4-10,15,19,34H,11-14,16-17H2,1-3H3,(H,30,36). The summed E-state index contributed by atoms with van der Waals surface area (Å²) in [4.78, 5) is 41.0. The van der Waals surface area contributed by atoms with Gasteiger partial charge < -0.3 is 33.9 Å². The zero-order valence-electron chi connectivity index (χ0n) is 22.3. The molecule has 4 aromatic rings. The Balaban J connectivity index is 1.57. The number of ether oxygens (including phenoxy) is 2. The molecule has 204 valence electrons. The van der Waals surface area contributed by atoms with E-state index in [-0.39, 0.29) is 34.9 Å². The number of hydrogen-bond acceptors (Lipinski definition) is 6. The molecule has 39 heavy (non-hydrogen) atoms. The van der Waals surface area contributed by atoms with E-state index in [0.717, 1.165) is 16.5 Å². The number of fused-ring (bicyclic) bond motifs is 3. The lowest BCUT2D eigenvalue weighted by Gasteiger charge is -2.32. The molecule has 0 atom stereocenters. The lowest BCUT2D eigenvalue weighted by molar-refractivity contribution is -0.135. The van der Waals surface area contributed by atoms with Crippen molar-refractivity contribution in [2.75, 3.05) is 33.9 Å². The van der Waals surface area contributed by atoms with E-state index < -0.39 is 6.61 Å². The van der Waals surface area contributed by atoms with Crippen molar-refractivity contribution < 1.29 is 24.2 Å². The maximum Gasteiger partial charge on any atom is 0.272 e. The largest absolute Gasteiger partial charge is 0.497 e. The smallest absolute Gasteiger partial charge is 0.272 e. The number of carbonyl (C=O) groups is 2. The van der Waals surface area contributed by atoms with Crippen molar-refractivity contribution in [1.29, 1.82) is 0 Å². The molecule has 0 bridgehead atoms. The molecule has 3 heterocycles. The molecule has 2 N–H and O–H groups in total. The van der Waals surface area contributed by atoms with Gasteiger partial charge in [0.2, 0.25) is 5.91 Å². The molecule has 0 aliphatic carbocycles. The second-order valence-electron chi connectivity index (χ2n) is 9.71. The molecule has 0 unspecified atom stereocenters. The molecule has 2 aromatic carbocycles. The van der Waals surface area contributed by atoms with Crippen molar-refractivity contribution in [1.82, 2.24) is 19.4 Å². The predicted molar refractivity (Wildman–Crippen MR) is 147 cm³/mol. The highest BCUT2D eigenvalue weighted by atomic mass is 16.5. The van der Waals surface area contributed by atoms with Crippen LogP contribution in [-0.4, -0.2) is 70.9 Å². The summed E-state index contributed by atoms with van der Waals surface area (Å²) in [6.07, 6.45) is 1.14. The average molecular weight is 533 g/mol. The monoisotopic (exact) mass is 532 g/mol. The summed E-state index contributed by atoms with van der Waals surface area (Å²) in [6, 6.07) is 15.1. The zero-order chi connectivity index (χ0) is 27.7. The maximum atomic E-state index is 14.0. The van der Waals surface area contributed by atoms with E-state index in [0.29, 0.717) is 49.1 Å². The number of aliphatic hydroxyl groups excluding tert-OH is 1. The molecule has 1 fully saturated rings. The second-order valence-corrected chi connectivity index (χ2v) is 9.71. The molecule has 1 aliphatic rings. The van der Waals surface area contributed by atoms with Gasteiger partial charge in [-0.25, -0.2) is 0 Å². The van der Waals surface area contributed by atoms with Gasteiger partial charge in [0.05, 0.1) is 31.8 Å². The van der Waals surface area contributed by atoms with Gasteiger partial charge in [-0.1, -0.05) is 30.3 Å². The summed E-state index contributed by atoms with van der Waals surface area (Å²) in [5.74, 6) is 0.273. The summed E-state index contributed by atoms with van der Waals surface area (Å²) in [5.41, 5.74) is 2.29. The SMILES string of the molecule is COc1cccc(Cn2c(=O)c3c(OC)c(C(=O)NC4CCN(C(=O)CO)CC4)n(C)c3c3ccccc32)c1. The number of hydrogen-bond donors (Lipinski definition) is 2. The first-order valence-corrected chi connectivity index (χ1v) is 12.9. The predicted octanol–water partition coefficient (Wildman–Crippen LogP) is 2.27. The third-order valence-corrected chi connectivity index (χ3v) is 7.47. The van der Waals surface area contributed by atoms with Crippen LogP contribution in [0.25, 0.3) is 21.8 Å². The maximum absolute atomic E-state index is 14.0. The van der Waals surface area contributed by atoms with Crippen molar-refractivity contribution in [3.8, 4) is 11.5 Å². The van der Waals surface area contributed by atoms with Crippen LogP contribution in [0.15, 0.2) is 53.3 Å². The number of nitrogens with one attached hydrogen (secondary N) is 1. The fourth-order valence-electron chi connectivity index (χ4n) is 5.52. The lowest BCUT2D eigenvalue weighted by Crippen LogP contribution is -2.47. The summed E-state index contributed by atoms with van der Waals surface area (Å²) in [7, 11) is 4.83. The number of amides is 2. The zero-order valence-corrected chi connectivity index (χ0v) is 22.3. The number of aryl methyl sites for hydroxylation is 1. The van der Waals surface area contributed by atoms with Gasteiger partial charge in [-0.2, -0.15) is 0 Å². The molecule has 2 aromatic heterocycles. The van der Waals surface area contributed by atoms with Crippen molar-refractivity contribution in [3.05, 3.63) is 70.1 Å². The van der Waals surface area contributed by atoms with Gasteiger partial charge >= 0.3 is 0 Å². The Hall–Kier alpha value is -4.31. The first-order chi connectivity index (χ1) is 18.9. The number of aliphatic hydroxyl groups is 1. The summed E-state index contributed by atoms with van der Waals surface area (Å²) < 4.78 is 14.5. The van der Waals surface area contributed by atoms with Crippen LogP contribution in [-0.2, 0) is 18.4 Å². The first kappa shape index (κ1) is 26.3. The number of para-hydroxylation sites is 1. The highest BCUT2D eigenvalue weighted by Crippen LogP contribution is 2.35. The van der Waals surface area contributed by atoms with Crippen molar-refractivity contribution in [3.63, 3.8) is 0 Å². The minimum Gasteiger partial charge on any atom is -0.497 e. The number of methoxy groups -OCH3 is 2. The number of rotatable bonds is 7. The van der Waals surface area contributed by atoms with Crippen LogP contribution in [0.5, 0.6) is 11.5 Å². The highest BCUT2D eigenvalue weighted by molar-refractivity contribution is 6.12. The van der Waals surface area contributed by atoms with Gasteiger partial charge in [0.25, 0.3) is 11.5 Å². The lowest BCUT2D eigenvalue weighted by atomic mass is 10.0. The van der Waals surface area contributed by atoms with Gasteiger partial charge in [0, 0.05) is 31.6 Å². The minimum atomic E-state index is -0.520. The fraction of sp³-hybridized carbons (Fsp3) is 0.345. The molecule has 10 nitrogen and oxygen atoms in total. The van der Waals surface area contributed by atoms with Gasteiger partial charge in [0.15, 0.2) is 11.4 Å². The van der Waals surface area contributed by atoms with Crippen molar-refractivity contribution in [2.24, 2.45) is 7.05 Å². The Morgan fingerprint density at radius 3 is 2.49 bits per heavy atom. The van der Waals surface area contributed by atoms with E-state index >= 15 is 0 Å². The molecule has 0 spiro atoms. The van der Waals surface area contributed by atoms with Crippen LogP contribution in [0.4, 0.5) is 0 Å². The molecular weight excluding hydrogens is 500 g/mol. The highest BCUT2D eigenvalue weighted by Gasteiger charge is 2.30. The van der Waals surface area contributed by atoms with E-state index in [9.17, 15) is 14.4 Å². The van der Waals surface area contributed by atoms with Crippen LogP contribution < -0.4 is 20.3 Å². The number of nitrogens with zero attached hydrogens (tertiary/aromatic N) is 3. The first-order valence-electron chi connectivity index (χ1n) is 12.9. The summed E-state index contributed by atoms with van der Waals surface area (Å²) in [6.45, 7) is 0.705. The van der Waals surface area contributed by atoms with E-state index in [1.54, 1.807) is 28.2 Å². The van der Waals surface area contributed by atoms with Crippen molar-refractivity contribution in [2.45, 2.75) is 25.4 Å². The van der Waals surface area contributed by atoms with E-state index in [4.69, 9.17) is 14.6 Å². The molecule has 10 heteroatoms. The molecule has 0 radical (unpaired) electrons. The number of carbonyl (C=O) groups excluding carboxylic acids is 2. The Morgan fingerprint density at radius 1 is 1.05 bits per heavy atom. The van der Waals surface area contributed by atoms with Crippen molar-refractivity contribution >= 4 is 33.6 Å². The minimum absolute atomic E-state index is 0.149. The number of pyridine rings is 1. The second kappa shape index (κ2) is 10.8. The Morgan fingerprint density at radius 2 is 1.79 bits per heavy atom. The van der Waals surface area contributed by atoms with Gasteiger partial charge in [-0.05, 0) is 36.6 Å². The van der Waals surface area contributed by atoms with E-state index in [1.807, 2.05) is 48.5 Å². The third kappa shape index (κ3) is 4.72. The molecular formula is C29H32N4O6. The van der Waals surface area contributed by atoms with Crippen LogP contribution in [0.1, 0.15) is 28.9 Å². The topological polar surface area (TPSA) is 115 Å². The average Bonchev–Trinajstić information content (AvgIpc) is 3.27. The van der Waals surface area contributed by atoms with Gasteiger partial charge in [-0.15, -0.1) is 0 Å². The molecule has 1 aliphatic heterocycles. The van der Waals surface area contributed by atoms with Gasteiger partial charge in [0.1, 0.15) is 17.7 Å². The van der Waals surface area contributed by atoms with Gasteiger partial charge in [-0.3, -0.25) is 14.4 Å². The summed E-state index contributed by atoms with van der Waals surface area (Å²) >= 11 is 0. The molecule has 0 saturated carbocycles. The Kier molecular flexibility index (Phi) is 7.30. The number of aromatic nitrogens is 2. The normalized spacial score (nSPS) is 14.1. The fourth-order valence-corrected chi connectivity index (χ4v) is 5.52. The quantitative estimate of drug-likeness (QED) is 0.378. The molecule has 1 saturated heterocycles.